The number of esters is 2. The number of hydrogen-bond acceptors (Lipinski definition) is 4. The lowest BCUT2D eigenvalue weighted by atomic mass is 10.2. The summed E-state index contributed by atoms with van der Waals surface area (Å²) in [5, 5.41) is 0. The first-order chi connectivity index (χ1) is 7.25. The lowest BCUT2D eigenvalue weighted by Crippen LogP contribution is -2.40. The van der Waals surface area contributed by atoms with Crippen molar-refractivity contribution in [1.82, 2.24) is 0 Å². The van der Waals surface area contributed by atoms with Crippen LogP contribution in [0.2, 0.25) is 0 Å². The average Bonchev–Trinajstić information content (AvgIpc) is 2.23. The Morgan fingerprint density at radius 1 is 1.40 bits per heavy atom. The van der Waals surface area contributed by atoms with Crippen molar-refractivity contribution in [2.24, 2.45) is 0 Å². The van der Waals surface area contributed by atoms with E-state index in [9.17, 15) is 9.59 Å². The van der Waals surface area contributed by atoms with E-state index in [2.05, 4.69) is 4.74 Å². The van der Waals surface area contributed by atoms with Crippen molar-refractivity contribution in [1.29, 1.82) is 0 Å². The third kappa shape index (κ3) is 2.34. The highest BCUT2D eigenvalue weighted by molar-refractivity contribution is 5.89. The molecule has 2 rings (SSSR count). The van der Waals surface area contributed by atoms with E-state index in [-0.39, 0.29) is 19.0 Å². The maximum atomic E-state index is 11.2. The van der Waals surface area contributed by atoms with E-state index < -0.39 is 12.1 Å². The summed E-state index contributed by atoms with van der Waals surface area (Å²) < 4.78 is 9.54. The molecule has 4 heteroatoms. The van der Waals surface area contributed by atoms with Crippen molar-refractivity contribution >= 4 is 11.9 Å². The van der Waals surface area contributed by atoms with Crippen LogP contribution in [0.25, 0.3) is 0 Å². The highest BCUT2D eigenvalue weighted by Crippen LogP contribution is 2.15. The Kier molecular flexibility index (Phi) is 2.67. The molecule has 0 spiro atoms. The van der Waals surface area contributed by atoms with Crippen LogP contribution in [0.15, 0.2) is 30.3 Å². The van der Waals surface area contributed by atoms with Crippen molar-refractivity contribution < 1.29 is 19.1 Å². The Balaban J connectivity index is 1.79. The maximum absolute atomic E-state index is 11.2. The van der Waals surface area contributed by atoms with Crippen LogP contribution < -0.4 is 0 Å². The van der Waals surface area contributed by atoms with Gasteiger partial charge in [-0.2, -0.15) is 0 Å². The summed E-state index contributed by atoms with van der Waals surface area (Å²) in [6.45, 7) is 0.216. The molecule has 1 fully saturated rings. The summed E-state index contributed by atoms with van der Waals surface area (Å²) in [4.78, 5) is 21.7. The fourth-order valence-corrected chi connectivity index (χ4v) is 1.25. The van der Waals surface area contributed by atoms with Crippen LogP contribution in [0, 0.1) is 0 Å². The molecule has 1 unspecified atom stereocenters. The van der Waals surface area contributed by atoms with Crippen LogP contribution in [0.4, 0.5) is 0 Å². The standard InChI is InChI=1S/C11H10O4/c12-10-6-9(15-10)11(13)14-7-8-4-2-1-3-5-8/h1-5,9H,6-7H2. The van der Waals surface area contributed by atoms with Gasteiger partial charge in [0.05, 0.1) is 6.42 Å². The van der Waals surface area contributed by atoms with E-state index in [1.54, 1.807) is 0 Å². The first-order valence-corrected chi connectivity index (χ1v) is 4.66. The molecule has 1 heterocycles. The van der Waals surface area contributed by atoms with Gasteiger partial charge in [-0.05, 0) is 5.56 Å². The SMILES string of the molecule is O=C1CC(C(=O)OCc2ccccc2)O1. The molecular formula is C11H10O4. The summed E-state index contributed by atoms with van der Waals surface area (Å²) in [6, 6.07) is 9.35. The van der Waals surface area contributed by atoms with Crippen molar-refractivity contribution in [3.05, 3.63) is 35.9 Å². The number of ether oxygens (including phenoxy) is 2. The van der Waals surface area contributed by atoms with Gasteiger partial charge in [-0.15, -0.1) is 0 Å². The molecule has 15 heavy (non-hydrogen) atoms. The predicted molar refractivity (Wildman–Crippen MR) is 50.7 cm³/mol. The zero-order valence-electron chi connectivity index (χ0n) is 8.01. The van der Waals surface area contributed by atoms with E-state index >= 15 is 0 Å². The highest BCUT2D eigenvalue weighted by atomic mass is 16.6. The number of carbonyl (C=O) groups is 2. The number of cyclic esters (lactones) is 1. The zero-order valence-corrected chi connectivity index (χ0v) is 8.01. The fourth-order valence-electron chi connectivity index (χ4n) is 1.25. The van der Waals surface area contributed by atoms with Gasteiger partial charge in [-0.1, -0.05) is 30.3 Å². The third-order valence-electron chi connectivity index (χ3n) is 2.11. The highest BCUT2D eigenvalue weighted by Gasteiger charge is 2.36. The number of carbonyl (C=O) groups excluding carboxylic acids is 2. The molecule has 1 aliphatic heterocycles. The van der Waals surface area contributed by atoms with Crippen LogP contribution in [0.5, 0.6) is 0 Å². The first kappa shape index (κ1) is 9.71. The smallest absolute Gasteiger partial charge is 0.348 e. The van der Waals surface area contributed by atoms with Gasteiger partial charge in [0.1, 0.15) is 6.61 Å². The van der Waals surface area contributed by atoms with E-state index in [4.69, 9.17) is 4.74 Å². The predicted octanol–water partition coefficient (Wildman–Crippen LogP) is 1.05. The summed E-state index contributed by atoms with van der Waals surface area (Å²) in [6.07, 6.45) is -0.561. The van der Waals surface area contributed by atoms with Crippen molar-refractivity contribution in [2.75, 3.05) is 0 Å². The second-order valence-electron chi connectivity index (χ2n) is 3.28. The van der Waals surface area contributed by atoms with E-state index in [0.29, 0.717) is 0 Å². The van der Waals surface area contributed by atoms with Gasteiger partial charge in [-0.3, -0.25) is 4.79 Å². The van der Waals surface area contributed by atoms with E-state index in [0.717, 1.165) is 5.56 Å². The van der Waals surface area contributed by atoms with Crippen LogP contribution in [0.3, 0.4) is 0 Å². The molecule has 0 saturated carbocycles. The average molecular weight is 206 g/mol. The quantitative estimate of drug-likeness (QED) is 0.693. The van der Waals surface area contributed by atoms with Gasteiger partial charge in [0.15, 0.2) is 0 Å². The molecule has 1 aliphatic rings. The lowest BCUT2D eigenvalue weighted by Gasteiger charge is -2.23. The molecule has 0 N–H and O–H groups in total. The summed E-state index contributed by atoms with van der Waals surface area (Å²) in [5.74, 6) is -0.824. The Labute approximate surface area is 86.8 Å². The molecule has 78 valence electrons. The summed E-state index contributed by atoms with van der Waals surface area (Å²) >= 11 is 0. The minimum atomic E-state index is -0.693. The molecule has 0 aromatic heterocycles. The Morgan fingerprint density at radius 2 is 2.07 bits per heavy atom. The molecule has 0 bridgehead atoms. The molecule has 0 radical (unpaired) electrons. The van der Waals surface area contributed by atoms with Gasteiger partial charge in [0.2, 0.25) is 6.10 Å². The zero-order chi connectivity index (χ0) is 10.7. The van der Waals surface area contributed by atoms with Crippen molar-refractivity contribution in [3.8, 4) is 0 Å². The minimum absolute atomic E-state index is 0.133. The fraction of sp³-hybridized carbons (Fsp3) is 0.273. The number of benzene rings is 1. The van der Waals surface area contributed by atoms with Gasteiger partial charge in [-0.25, -0.2) is 4.79 Å². The largest absolute Gasteiger partial charge is 0.458 e. The second-order valence-corrected chi connectivity index (χ2v) is 3.28. The van der Waals surface area contributed by atoms with E-state index in [1.165, 1.54) is 0 Å². The maximum Gasteiger partial charge on any atom is 0.348 e. The molecule has 1 aromatic rings. The Hall–Kier alpha value is -1.84. The van der Waals surface area contributed by atoms with Gasteiger partial charge in [0.25, 0.3) is 0 Å². The molecule has 1 aromatic carbocycles. The first-order valence-electron chi connectivity index (χ1n) is 4.66. The number of rotatable bonds is 3. The van der Waals surface area contributed by atoms with Crippen LogP contribution in [-0.2, 0) is 25.7 Å². The molecule has 4 nitrogen and oxygen atoms in total. The van der Waals surface area contributed by atoms with Crippen LogP contribution >= 0.6 is 0 Å². The van der Waals surface area contributed by atoms with Crippen molar-refractivity contribution in [2.45, 2.75) is 19.1 Å². The topological polar surface area (TPSA) is 52.6 Å². The molecule has 1 saturated heterocycles. The summed E-state index contributed by atoms with van der Waals surface area (Å²) in [5.41, 5.74) is 0.913. The van der Waals surface area contributed by atoms with Gasteiger partial charge < -0.3 is 9.47 Å². The van der Waals surface area contributed by atoms with Crippen LogP contribution in [0.1, 0.15) is 12.0 Å². The molecule has 1 atom stereocenters. The Morgan fingerprint density at radius 3 is 2.67 bits per heavy atom. The van der Waals surface area contributed by atoms with Crippen molar-refractivity contribution in [3.63, 3.8) is 0 Å². The second kappa shape index (κ2) is 4.13. The molecule has 0 amide bonds. The number of hydrogen-bond donors (Lipinski definition) is 0. The third-order valence-corrected chi connectivity index (χ3v) is 2.11. The van der Waals surface area contributed by atoms with Gasteiger partial charge in [0, 0.05) is 0 Å². The van der Waals surface area contributed by atoms with E-state index in [1.807, 2.05) is 30.3 Å². The normalized spacial score (nSPS) is 18.9. The lowest BCUT2D eigenvalue weighted by molar-refractivity contribution is -0.186. The van der Waals surface area contributed by atoms with Gasteiger partial charge >= 0.3 is 11.9 Å². The Bertz CT molecular complexity index is 363. The summed E-state index contributed by atoms with van der Waals surface area (Å²) in [7, 11) is 0. The molecule has 0 aliphatic carbocycles. The monoisotopic (exact) mass is 206 g/mol. The van der Waals surface area contributed by atoms with Crippen LogP contribution in [-0.4, -0.2) is 18.0 Å². The minimum Gasteiger partial charge on any atom is -0.458 e. The molecular weight excluding hydrogens is 196 g/mol.